The van der Waals surface area contributed by atoms with Crippen LogP contribution in [0.15, 0.2) is 59.4 Å². The summed E-state index contributed by atoms with van der Waals surface area (Å²) < 4.78 is 6.75. The van der Waals surface area contributed by atoms with Gasteiger partial charge in [-0.05, 0) is 24.1 Å². The van der Waals surface area contributed by atoms with Crippen LogP contribution >= 0.6 is 0 Å². The van der Waals surface area contributed by atoms with Crippen LogP contribution in [0.5, 0.6) is 5.75 Å². The lowest BCUT2D eigenvalue weighted by atomic mass is 10.1. The Balaban J connectivity index is 1.84. The van der Waals surface area contributed by atoms with Crippen LogP contribution in [0.4, 0.5) is 0 Å². The average molecular weight is 389 g/mol. The second-order valence-corrected chi connectivity index (χ2v) is 6.51. The van der Waals surface area contributed by atoms with Crippen LogP contribution in [0.3, 0.4) is 0 Å². The van der Waals surface area contributed by atoms with Crippen molar-refractivity contribution in [2.45, 2.75) is 13.0 Å². The van der Waals surface area contributed by atoms with Gasteiger partial charge in [-0.2, -0.15) is 0 Å². The van der Waals surface area contributed by atoms with E-state index in [0.29, 0.717) is 29.9 Å². The molecule has 3 N–H and O–H groups in total. The van der Waals surface area contributed by atoms with Crippen LogP contribution in [-0.4, -0.2) is 32.5 Å². The van der Waals surface area contributed by atoms with E-state index in [2.05, 4.69) is 15.0 Å². The van der Waals surface area contributed by atoms with E-state index < -0.39 is 5.91 Å². The molecule has 146 valence electrons. The number of amides is 1. The van der Waals surface area contributed by atoms with E-state index >= 15 is 0 Å². The number of aromatic amines is 1. The Morgan fingerprint density at radius 1 is 1.14 bits per heavy atom. The van der Waals surface area contributed by atoms with Gasteiger partial charge in [0.1, 0.15) is 11.3 Å². The molecule has 0 saturated carbocycles. The molecule has 8 nitrogen and oxygen atoms in total. The number of hydrogen-bond donors (Lipinski definition) is 2. The van der Waals surface area contributed by atoms with Gasteiger partial charge in [0, 0.05) is 12.1 Å². The molecular weight excluding hydrogens is 370 g/mol. The Labute approximate surface area is 166 Å². The van der Waals surface area contributed by atoms with Gasteiger partial charge in [0.15, 0.2) is 17.2 Å². The van der Waals surface area contributed by atoms with Gasteiger partial charge in [0.2, 0.25) is 0 Å². The molecule has 2 heterocycles. The van der Waals surface area contributed by atoms with Crippen LogP contribution in [-0.2, 0) is 13.0 Å². The van der Waals surface area contributed by atoms with Crippen LogP contribution in [0.1, 0.15) is 16.1 Å². The highest BCUT2D eigenvalue weighted by molar-refractivity contribution is 6.01. The number of rotatable bonds is 6. The van der Waals surface area contributed by atoms with Crippen LogP contribution in [0.2, 0.25) is 0 Å². The van der Waals surface area contributed by atoms with E-state index in [1.165, 1.54) is 4.57 Å². The Bertz CT molecular complexity index is 1240. The minimum absolute atomic E-state index is 0.0246. The van der Waals surface area contributed by atoms with E-state index in [4.69, 9.17) is 10.5 Å². The number of H-pyrrole nitrogens is 1. The van der Waals surface area contributed by atoms with Crippen molar-refractivity contribution in [2.24, 2.45) is 5.73 Å². The number of ether oxygens (including phenoxy) is 1. The summed E-state index contributed by atoms with van der Waals surface area (Å²) in [4.78, 5) is 36.1. The number of nitrogens with zero attached hydrogens (tertiary/aromatic N) is 3. The normalized spacial score (nSPS) is 10.9. The third-order valence-corrected chi connectivity index (χ3v) is 4.65. The van der Waals surface area contributed by atoms with Gasteiger partial charge in [-0.1, -0.05) is 42.5 Å². The quantitative estimate of drug-likeness (QED) is 0.524. The summed E-state index contributed by atoms with van der Waals surface area (Å²) in [5, 5.41) is 0. The molecule has 0 radical (unpaired) electrons. The van der Waals surface area contributed by atoms with Crippen molar-refractivity contribution in [3.63, 3.8) is 0 Å². The maximum Gasteiger partial charge on any atom is 0.327 e. The Hall–Kier alpha value is -3.94. The molecule has 2 aromatic carbocycles. The molecule has 0 saturated heterocycles. The molecule has 0 aliphatic rings. The van der Waals surface area contributed by atoms with E-state index in [1.807, 2.05) is 30.3 Å². The highest BCUT2D eigenvalue weighted by Crippen LogP contribution is 2.23. The van der Waals surface area contributed by atoms with Crippen molar-refractivity contribution in [1.82, 2.24) is 19.5 Å². The summed E-state index contributed by atoms with van der Waals surface area (Å²) in [7, 11) is 1.56. The monoisotopic (exact) mass is 389 g/mol. The predicted molar refractivity (Wildman–Crippen MR) is 109 cm³/mol. The van der Waals surface area contributed by atoms with Crippen molar-refractivity contribution < 1.29 is 9.53 Å². The molecule has 4 aromatic rings. The number of carbonyl (C=O) groups is 1. The van der Waals surface area contributed by atoms with Gasteiger partial charge in [-0.15, -0.1) is 0 Å². The Kier molecular flexibility index (Phi) is 4.82. The van der Waals surface area contributed by atoms with Gasteiger partial charge < -0.3 is 15.5 Å². The lowest BCUT2D eigenvalue weighted by Gasteiger charge is -2.07. The number of fused-ring (bicyclic) bond motifs is 1. The number of carbonyl (C=O) groups excluding carboxylic acids is 1. The first-order chi connectivity index (χ1) is 14.1. The Morgan fingerprint density at radius 3 is 2.66 bits per heavy atom. The smallest absolute Gasteiger partial charge is 0.327 e. The molecule has 29 heavy (non-hydrogen) atoms. The second kappa shape index (κ2) is 7.59. The first-order valence-corrected chi connectivity index (χ1v) is 9.05. The molecule has 2 aromatic heterocycles. The minimum Gasteiger partial charge on any atom is -0.497 e. The number of methoxy groups -OCH3 is 1. The summed E-state index contributed by atoms with van der Waals surface area (Å²) in [5.41, 5.74) is 7.45. The molecule has 8 heteroatoms. The number of nitrogens with two attached hydrogens (primary N) is 1. The van der Waals surface area contributed by atoms with Gasteiger partial charge in [-0.25, -0.2) is 14.8 Å². The van der Waals surface area contributed by atoms with E-state index in [9.17, 15) is 9.59 Å². The summed E-state index contributed by atoms with van der Waals surface area (Å²) >= 11 is 0. The second-order valence-electron chi connectivity index (χ2n) is 6.51. The third-order valence-electron chi connectivity index (χ3n) is 4.65. The number of aryl methyl sites for hydroxylation is 2. The summed E-state index contributed by atoms with van der Waals surface area (Å²) in [6, 6.07) is 17.0. The van der Waals surface area contributed by atoms with Gasteiger partial charge in [-0.3, -0.25) is 9.36 Å². The summed E-state index contributed by atoms with van der Waals surface area (Å²) in [5.74, 6) is 0.179. The lowest BCUT2D eigenvalue weighted by molar-refractivity contribution is 0.0997. The zero-order valence-electron chi connectivity index (χ0n) is 15.8. The topological polar surface area (TPSA) is 116 Å². The van der Waals surface area contributed by atoms with Gasteiger partial charge >= 0.3 is 5.69 Å². The fourth-order valence-corrected chi connectivity index (χ4v) is 3.19. The highest BCUT2D eigenvalue weighted by Gasteiger charge is 2.19. The molecule has 0 unspecified atom stereocenters. The third kappa shape index (κ3) is 3.60. The van der Waals surface area contributed by atoms with Crippen LogP contribution < -0.4 is 16.2 Å². The fraction of sp³-hybridized carbons (Fsp3) is 0.143. The molecule has 0 fully saturated rings. The number of benzene rings is 2. The maximum absolute atomic E-state index is 12.6. The molecule has 4 rings (SSSR count). The zero-order valence-corrected chi connectivity index (χ0v) is 15.8. The number of hydrogen-bond acceptors (Lipinski definition) is 5. The standard InChI is InChI=1S/C21H19N5O3/c1-29-15-9-5-8-14(12-15)19-23-16(18(22)27)17-20(25-19)26(21(28)24-17)11-10-13-6-3-2-4-7-13/h2-9,12H,10-11H2,1H3,(H2,22,27)(H,24,28). The van der Waals surface area contributed by atoms with Crippen molar-refractivity contribution >= 4 is 17.1 Å². The van der Waals surface area contributed by atoms with Crippen LogP contribution in [0.25, 0.3) is 22.6 Å². The molecule has 0 atom stereocenters. The molecular formula is C21H19N5O3. The molecule has 0 aliphatic carbocycles. The van der Waals surface area contributed by atoms with E-state index in [1.54, 1.807) is 31.4 Å². The first kappa shape index (κ1) is 18.4. The number of primary amides is 1. The molecule has 1 amide bonds. The molecule has 0 bridgehead atoms. The van der Waals surface area contributed by atoms with Crippen molar-refractivity contribution in [3.05, 3.63) is 76.3 Å². The number of aromatic nitrogens is 4. The first-order valence-electron chi connectivity index (χ1n) is 9.05. The largest absolute Gasteiger partial charge is 0.497 e. The minimum atomic E-state index is -0.738. The van der Waals surface area contributed by atoms with E-state index in [0.717, 1.165) is 5.56 Å². The van der Waals surface area contributed by atoms with Crippen molar-refractivity contribution in [2.75, 3.05) is 7.11 Å². The lowest BCUT2D eigenvalue weighted by Crippen LogP contribution is -2.18. The average Bonchev–Trinajstić information content (AvgIpc) is 3.07. The van der Waals surface area contributed by atoms with E-state index in [-0.39, 0.29) is 22.7 Å². The maximum atomic E-state index is 12.6. The predicted octanol–water partition coefficient (Wildman–Crippen LogP) is 2.14. The summed E-state index contributed by atoms with van der Waals surface area (Å²) in [6.07, 6.45) is 0.637. The number of imidazole rings is 1. The fourth-order valence-electron chi connectivity index (χ4n) is 3.19. The van der Waals surface area contributed by atoms with Crippen molar-refractivity contribution in [3.8, 4) is 17.1 Å². The van der Waals surface area contributed by atoms with Crippen LogP contribution in [0, 0.1) is 0 Å². The Morgan fingerprint density at radius 2 is 1.93 bits per heavy atom. The SMILES string of the molecule is COc1cccc(-c2nc(C(N)=O)c3[nH]c(=O)n(CCc4ccccc4)c3n2)c1. The zero-order chi connectivity index (χ0) is 20.4. The van der Waals surface area contributed by atoms with Crippen molar-refractivity contribution in [1.29, 1.82) is 0 Å². The van der Waals surface area contributed by atoms with Gasteiger partial charge in [0.05, 0.1) is 7.11 Å². The number of nitrogens with one attached hydrogen (secondary N) is 1. The summed E-state index contributed by atoms with van der Waals surface area (Å²) in [6.45, 7) is 0.398. The highest BCUT2D eigenvalue weighted by atomic mass is 16.5. The van der Waals surface area contributed by atoms with Gasteiger partial charge in [0.25, 0.3) is 5.91 Å². The molecule has 0 aliphatic heterocycles. The molecule has 0 spiro atoms.